The van der Waals surface area contributed by atoms with E-state index in [4.69, 9.17) is 4.74 Å². The Labute approximate surface area is 92.8 Å². The fourth-order valence-electron chi connectivity index (χ4n) is 0.919. The van der Waals surface area contributed by atoms with Gasteiger partial charge in [0, 0.05) is 6.20 Å². The molecule has 0 bridgehead atoms. The van der Waals surface area contributed by atoms with Crippen molar-refractivity contribution in [3.8, 4) is 0 Å². The first kappa shape index (κ1) is 11.7. The third kappa shape index (κ3) is 3.36. The quantitative estimate of drug-likeness (QED) is 0.331. The van der Waals surface area contributed by atoms with Gasteiger partial charge in [0.25, 0.3) is 0 Å². The maximum Gasteiger partial charge on any atom is 0.187 e. The van der Waals surface area contributed by atoms with Crippen molar-refractivity contribution in [1.82, 2.24) is 9.97 Å². The number of ether oxygens (including phenoxy) is 1. The van der Waals surface area contributed by atoms with E-state index in [1.807, 2.05) is 13.2 Å². The zero-order valence-electron chi connectivity index (χ0n) is 8.64. The Morgan fingerprint density at radius 2 is 2.40 bits per heavy atom. The third-order valence-electron chi connectivity index (χ3n) is 1.62. The van der Waals surface area contributed by atoms with Gasteiger partial charge in [-0.3, -0.25) is 4.79 Å². The van der Waals surface area contributed by atoms with E-state index in [0.717, 1.165) is 6.29 Å². The lowest BCUT2D eigenvalue weighted by molar-refractivity contribution is 0.112. The number of aldehydes is 1. The summed E-state index contributed by atoms with van der Waals surface area (Å²) in [6, 6.07) is 0. The average Bonchev–Trinajstić information content (AvgIpc) is 2.29. The van der Waals surface area contributed by atoms with Crippen LogP contribution >= 0.6 is 11.8 Å². The molecule has 0 unspecified atom stereocenters. The lowest BCUT2D eigenvalue weighted by Crippen LogP contribution is -1.95. The molecule has 0 aliphatic rings. The van der Waals surface area contributed by atoms with Gasteiger partial charge >= 0.3 is 0 Å². The Kier molecular flexibility index (Phi) is 4.83. The van der Waals surface area contributed by atoms with E-state index in [1.54, 1.807) is 6.08 Å². The molecule has 0 aliphatic carbocycles. The number of carbonyl (C=O) groups excluding carboxylic acids is 1. The van der Waals surface area contributed by atoms with Crippen LogP contribution in [0.2, 0.25) is 0 Å². The highest BCUT2D eigenvalue weighted by molar-refractivity contribution is 7.98. The zero-order chi connectivity index (χ0) is 11.1. The highest BCUT2D eigenvalue weighted by Gasteiger charge is 2.02. The molecule has 0 saturated carbocycles. The molecule has 0 N–H and O–H groups in total. The molecule has 0 aromatic carbocycles. The van der Waals surface area contributed by atoms with E-state index in [-0.39, 0.29) is 0 Å². The van der Waals surface area contributed by atoms with E-state index in [2.05, 4.69) is 9.97 Å². The largest absolute Gasteiger partial charge is 0.501 e. The summed E-state index contributed by atoms with van der Waals surface area (Å²) in [6.07, 6.45) is 7.31. The first-order valence-electron chi connectivity index (χ1n) is 4.46. The molecule has 5 heteroatoms. The van der Waals surface area contributed by atoms with Crippen LogP contribution in [0.3, 0.4) is 0 Å². The predicted molar refractivity (Wildman–Crippen MR) is 59.9 cm³/mol. The monoisotopic (exact) mass is 224 g/mol. The molecule has 0 saturated heterocycles. The van der Waals surface area contributed by atoms with E-state index < -0.39 is 0 Å². The molecule has 4 nitrogen and oxygen atoms in total. The SMILES string of the molecule is CCOC=Cc1nc(SC)ncc1C=O. The van der Waals surface area contributed by atoms with E-state index >= 15 is 0 Å². The van der Waals surface area contributed by atoms with Crippen molar-refractivity contribution in [2.45, 2.75) is 12.1 Å². The maximum atomic E-state index is 10.7. The molecule has 1 heterocycles. The second kappa shape index (κ2) is 6.19. The second-order valence-corrected chi connectivity index (χ2v) is 3.35. The van der Waals surface area contributed by atoms with Crippen LogP contribution in [0.25, 0.3) is 6.08 Å². The maximum absolute atomic E-state index is 10.7. The lowest BCUT2D eigenvalue weighted by Gasteiger charge is -2.00. The standard InChI is InChI=1S/C10H12N2O2S/c1-3-14-5-4-9-8(7-13)6-11-10(12-9)15-2/h4-7H,3H2,1-2H3. The molecule has 15 heavy (non-hydrogen) atoms. The summed E-state index contributed by atoms with van der Waals surface area (Å²) in [4.78, 5) is 18.9. The Morgan fingerprint density at radius 1 is 1.60 bits per heavy atom. The van der Waals surface area contributed by atoms with Crippen molar-refractivity contribution in [2.75, 3.05) is 12.9 Å². The summed E-state index contributed by atoms with van der Waals surface area (Å²) in [6.45, 7) is 2.48. The molecular weight excluding hydrogens is 212 g/mol. The van der Waals surface area contributed by atoms with E-state index in [0.29, 0.717) is 23.0 Å². The Hall–Kier alpha value is -1.36. The molecule has 0 atom stereocenters. The number of rotatable bonds is 5. The van der Waals surface area contributed by atoms with Crippen LogP contribution in [-0.2, 0) is 4.74 Å². The highest BCUT2D eigenvalue weighted by Crippen LogP contribution is 2.12. The summed E-state index contributed by atoms with van der Waals surface area (Å²) >= 11 is 1.43. The van der Waals surface area contributed by atoms with Crippen LogP contribution < -0.4 is 0 Å². The van der Waals surface area contributed by atoms with Crippen molar-refractivity contribution in [3.63, 3.8) is 0 Å². The molecule has 0 spiro atoms. The highest BCUT2D eigenvalue weighted by atomic mass is 32.2. The van der Waals surface area contributed by atoms with Crippen LogP contribution in [0.4, 0.5) is 0 Å². The van der Waals surface area contributed by atoms with Gasteiger partial charge in [-0.1, -0.05) is 11.8 Å². The van der Waals surface area contributed by atoms with Gasteiger partial charge in [0.15, 0.2) is 11.4 Å². The summed E-state index contributed by atoms with van der Waals surface area (Å²) < 4.78 is 5.05. The van der Waals surface area contributed by atoms with Crippen LogP contribution in [0.5, 0.6) is 0 Å². The van der Waals surface area contributed by atoms with Gasteiger partial charge in [-0.25, -0.2) is 9.97 Å². The van der Waals surface area contributed by atoms with Crippen molar-refractivity contribution >= 4 is 24.1 Å². The smallest absolute Gasteiger partial charge is 0.187 e. The van der Waals surface area contributed by atoms with Gasteiger partial charge in [0.2, 0.25) is 0 Å². The van der Waals surface area contributed by atoms with Crippen LogP contribution in [0, 0.1) is 0 Å². The van der Waals surface area contributed by atoms with Crippen LogP contribution in [0.15, 0.2) is 17.6 Å². The summed E-state index contributed by atoms with van der Waals surface area (Å²) in [7, 11) is 0. The fourth-order valence-corrected chi connectivity index (χ4v) is 1.27. The van der Waals surface area contributed by atoms with E-state index in [1.165, 1.54) is 24.2 Å². The molecule has 0 aliphatic heterocycles. The number of thioether (sulfide) groups is 1. The van der Waals surface area contributed by atoms with Gasteiger partial charge in [-0.2, -0.15) is 0 Å². The first-order chi connectivity index (χ1) is 7.31. The topological polar surface area (TPSA) is 52.1 Å². The van der Waals surface area contributed by atoms with Crippen LogP contribution in [0.1, 0.15) is 23.0 Å². The average molecular weight is 224 g/mol. The summed E-state index contributed by atoms with van der Waals surface area (Å²) in [5, 5.41) is 0.636. The lowest BCUT2D eigenvalue weighted by atomic mass is 10.2. The van der Waals surface area contributed by atoms with Crippen molar-refractivity contribution in [1.29, 1.82) is 0 Å². The molecule has 1 aromatic rings. The van der Waals surface area contributed by atoms with Gasteiger partial charge in [-0.15, -0.1) is 0 Å². The zero-order valence-corrected chi connectivity index (χ0v) is 9.45. The Balaban J connectivity index is 2.95. The Bertz CT molecular complexity index is 366. The number of nitrogens with zero attached hydrogens (tertiary/aromatic N) is 2. The number of hydrogen-bond donors (Lipinski definition) is 0. The Morgan fingerprint density at radius 3 is 3.00 bits per heavy atom. The summed E-state index contributed by atoms with van der Waals surface area (Å²) in [5.74, 6) is 0. The van der Waals surface area contributed by atoms with Crippen LogP contribution in [-0.4, -0.2) is 29.1 Å². The second-order valence-electron chi connectivity index (χ2n) is 2.57. The molecule has 1 rings (SSSR count). The number of aromatic nitrogens is 2. The molecule has 0 radical (unpaired) electrons. The predicted octanol–water partition coefficient (Wildman–Crippen LogP) is 2.02. The fraction of sp³-hybridized carbons (Fsp3) is 0.300. The first-order valence-corrected chi connectivity index (χ1v) is 5.68. The number of hydrogen-bond acceptors (Lipinski definition) is 5. The van der Waals surface area contributed by atoms with Gasteiger partial charge < -0.3 is 4.74 Å². The molecule has 80 valence electrons. The van der Waals surface area contributed by atoms with Crippen molar-refractivity contribution in [2.24, 2.45) is 0 Å². The van der Waals surface area contributed by atoms with Crippen molar-refractivity contribution < 1.29 is 9.53 Å². The van der Waals surface area contributed by atoms with E-state index in [9.17, 15) is 4.79 Å². The molecular formula is C10H12N2O2S. The third-order valence-corrected chi connectivity index (χ3v) is 2.19. The molecule has 1 aromatic heterocycles. The minimum atomic E-state index is 0.462. The van der Waals surface area contributed by atoms with Gasteiger partial charge in [-0.05, 0) is 19.3 Å². The normalized spacial score (nSPS) is 10.5. The molecule has 0 fully saturated rings. The van der Waals surface area contributed by atoms with Crippen molar-refractivity contribution in [3.05, 3.63) is 23.7 Å². The minimum Gasteiger partial charge on any atom is -0.501 e. The number of carbonyl (C=O) groups is 1. The summed E-state index contributed by atoms with van der Waals surface area (Å²) in [5.41, 5.74) is 1.04. The molecule has 0 amide bonds. The van der Waals surface area contributed by atoms with Gasteiger partial charge in [0.05, 0.1) is 24.1 Å². The minimum absolute atomic E-state index is 0.462. The van der Waals surface area contributed by atoms with Gasteiger partial charge in [0.1, 0.15) is 0 Å².